The number of hydrogen-bond acceptors (Lipinski definition) is 3. The number of anilines is 1. The fraction of sp³-hybridized carbons (Fsp3) is 0.778. The fourth-order valence-corrected chi connectivity index (χ4v) is 3.32. The van der Waals surface area contributed by atoms with Crippen molar-refractivity contribution in [1.82, 2.24) is 14.7 Å². The molecule has 2 rings (SSSR count). The molecule has 130 valence electrons. The number of carbonyl (C=O) groups excluding carboxylic acids is 1. The number of nitrogens with one attached hydrogen (secondary N) is 1. The van der Waals surface area contributed by atoms with Crippen LogP contribution in [0.5, 0.6) is 0 Å². The predicted molar refractivity (Wildman–Crippen MR) is 94.3 cm³/mol. The predicted octanol–water partition coefficient (Wildman–Crippen LogP) is 3.24. The summed E-state index contributed by atoms with van der Waals surface area (Å²) in [5.41, 5.74) is 1.17. The zero-order valence-electron chi connectivity index (χ0n) is 15.3. The molecule has 0 spiro atoms. The summed E-state index contributed by atoms with van der Waals surface area (Å²) in [5.74, 6) is 1.04. The van der Waals surface area contributed by atoms with E-state index in [9.17, 15) is 4.79 Å². The maximum atomic E-state index is 12.4. The Balaban J connectivity index is 1.81. The quantitative estimate of drug-likeness (QED) is 0.906. The first kappa shape index (κ1) is 18.0. The maximum absolute atomic E-state index is 12.4. The molecule has 0 unspecified atom stereocenters. The molecule has 1 aliphatic rings. The van der Waals surface area contributed by atoms with E-state index >= 15 is 0 Å². The molecule has 23 heavy (non-hydrogen) atoms. The van der Waals surface area contributed by atoms with Crippen LogP contribution in [-0.4, -0.2) is 41.2 Å². The van der Waals surface area contributed by atoms with Gasteiger partial charge in [0.25, 0.3) is 0 Å². The largest absolute Gasteiger partial charge is 0.323 e. The Labute approximate surface area is 140 Å². The van der Waals surface area contributed by atoms with E-state index in [0.717, 1.165) is 50.4 Å². The summed E-state index contributed by atoms with van der Waals surface area (Å²) in [7, 11) is 4.08. The standard InChI is InChI=1S/C18H32N4O/c1-18(2,3)15-8-6-14(7-9-15)17(23)20-16-12-19-22(13-16)11-10-21(4)5/h12-15H,6-11H2,1-5H3,(H,20,23). The minimum absolute atomic E-state index is 0.152. The average molecular weight is 320 g/mol. The lowest BCUT2D eigenvalue weighted by Gasteiger charge is -2.36. The van der Waals surface area contributed by atoms with Gasteiger partial charge in [0.2, 0.25) is 5.91 Å². The van der Waals surface area contributed by atoms with Gasteiger partial charge in [0.1, 0.15) is 0 Å². The molecule has 0 radical (unpaired) electrons. The number of rotatable bonds is 5. The van der Waals surface area contributed by atoms with E-state index in [1.54, 1.807) is 6.20 Å². The van der Waals surface area contributed by atoms with E-state index in [4.69, 9.17) is 0 Å². The van der Waals surface area contributed by atoms with Gasteiger partial charge >= 0.3 is 0 Å². The second-order valence-electron chi connectivity index (χ2n) is 8.20. The molecule has 1 aromatic rings. The number of amides is 1. The van der Waals surface area contributed by atoms with Crippen molar-refractivity contribution in [2.75, 3.05) is 26.0 Å². The average Bonchev–Trinajstić information content (AvgIpc) is 2.92. The van der Waals surface area contributed by atoms with Gasteiger partial charge in [0.05, 0.1) is 18.4 Å². The van der Waals surface area contributed by atoms with Crippen molar-refractivity contribution in [3.8, 4) is 0 Å². The third-order valence-corrected chi connectivity index (χ3v) is 5.00. The first-order valence-corrected chi connectivity index (χ1v) is 8.74. The molecule has 1 N–H and O–H groups in total. The Morgan fingerprint density at radius 2 is 1.96 bits per heavy atom. The molecule has 1 heterocycles. The van der Waals surface area contributed by atoms with Gasteiger partial charge < -0.3 is 10.2 Å². The van der Waals surface area contributed by atoms with Gasteiger partial charge in [-0.3, -0.25) is 9.48 Å². The normalized spacial score (nSPS) is 22.3. The smallest absolute Gasteiger partial charge is 0.227 e. The SMILES string of the molecule is CN(C)CCn1cc(NC(=O)C2CCC(C(C)(C)C)CC2)cn1. The minimum Gasteiger partial charge on any atom is -0.323 e. The number of aromatic nitrogens is 2. The molecule has 0 atom stereocenters. The van der Waals surface area contributed by atoms with Gasteiger partial charge in [-0.2, -0.15) is 5.10 Å². The van der Waals surface area contributed by atoms with Crippen LogP contribution in [-0.2, 0) is 11.3 Å². The third-order valence-electron chi connectivity index (χ3n) is 5.00. The Hall–Kier alpha value is -1.36. The van der Waals surface area contributed by atoms with Crippen molar-refractivity contribution in [3.63, 3.8) is 0 Å². The highest BCUT2D eigenvalue weighted by molar-refractivity contribution is 5.92. The zero-order chi connectivity index (χ0) is 17.0. The topological polar surface area (TPSA) is 50.2 Å². The number of carbonyl (C=O) groups is 1. The van der Waals surface area contributed by atoms with Gasteiger partial charge in [-0.1, -0.05) is 20.8 Å². The number of hydrogen-bond donors (Lipinski definition) is 1. The van der Waals surface area contributed by atoms with Crippen LogP contribution in [0.25, 0.3) is 0 Å². The molecule has 0 aliphatic heterocycles. The Morgan fingerprint density at radius 3 is 2.52 bits per heavy atom. The summed E-state index contributed by atoms with van der Waals surface area (Å²) >= 11 is 0. The van der Waals surface area contributed by atoms with Crippen molar-refractivity contribution in [2.45, 2.75) is 53.0 Å². The van der Waals surface area contributed by atoms with Gasteiger partial charge in [-0.05, 0) is 51.1 Å². The van der Waals surface area contributed by atoms with Crippen LogP contribution in [0.3, 0.4) is 0 Å². The summed E-state index contributed by atoms with van der Waals surface area (Å²) in [6, 6.07) is 0. The van der Waals surface area contributed by atoms with E-state index in [0.29, 0.717) is 5.41 Å². The zero-order valence-corrected chi connectivity index (χ0v) is 15.3. The lowest BCUT2D eigenvalue weighted by molar-refractivity contribution is -0.121. The van der Waals surface area contributed by atoms with Crippen molar-refractivity contribution >= 4 is 11.6 Å². The first-order valence-electron chi connectivity index (χ1n) is 8.74. The summed E-state index contributed by atoms with van der Waals surface area (Å²) in [6.45, 7) is 8.69. The highest BCUT2D eigenvalue weighted by Gasteiger charge is 2.32. The van der Waals surface area contributed by atoms with E-state index in [1.807, 2.05) is 25.0 Å². The van der Waals surface area contributed by atoms with Crippen molar-refractivity contribution in [3.05, 3.63) is 12.4 Å². The molecule has 0 bridgehead atoms. The number of likely N-dealkylation sites (N-methyl/N-ethyl adjacent to an activating group) is 1. The monoisotopic (exact) mass is 320 g/mol. The van der Waals surface area contributed by atoms with E-state index in [1.165, 1.54) is 0 Å². The van der Waals surface area contributed by atoms with Crippen LogP contribution >= 0.6 is 0 Å². The molecular weight excluding hydrogens is 288 g/mol. The second kappa shape index (κ2) is 7.47. The molecular formula is C18H32N4O. The molecule has 0 saturated heterocycles. The minimum atomic E-state index is 0.152. The molecule has 1 aromatic heterocycles. The molecule has 5 nitrogen and oxygen atoms in total. The lowest BCUT2D eigenvalue weighted by Crippen LogP contribution is -2.31. The first-order chi connectivity index (χ1) is 10.8. The molecule has 1 saturated carbocycles. The van der Waals surface area contributed by atoms with Gasteiger partial charge in [0, 0.05) is 18.7 Å². The summed E-state index contributed by atoms with van der Waals surface area (Å²) in [5, 5.41) is 7.34. The Kier molecular flexibility index (Phi) is 5.84. The molecule has 1 aliphatic carbocycles. The lowest BCUT2D eigenvalue weighted by atomic mass is 9.69. The van der Waals surface area contributed by atoms with Gasteiger partial charge in [-0.15, -0.1) is 0 Å². The Bertz CT molecular complexity index is 507. The van der Waals surface area contributed by atoms with Crippen LogP contribution < -0.4 is 5.32 Å². The maximum Gasteiger partial charge on any atom is 0.227 e. The van der Waals surface area contributed by atoms with E-state index in [2.05, 4.69) is 36.1 Å². The molecule has 1 amide bonds. The van der Waals surface area contributed by atoms with Crippen molar-refractivity contribution < 1.29 is 4.79 Å². The van der Waals surface area contributed by atoms with Crippen molar-refractivity contribution in [2.24, 2.45) is 17.3 Å². The van der Waals surface area contributed by atoms with Crippen LogP contribution in [0.1, 0.15) is 46.5 Å². The van der Waals surface area contributed by atoms with E-state index < -0.39 is 0 Å². The Morgan fingerprint density at radius 1 is 1.30 bits per heavy atom. The summed E-state index contributed by atoms with van der Waals surface area (Å²) < 4.78 is 1.88. The molecule has 1 fully saturated rings. The summed E-state index contributed by atoms with van der Waals surface area (Å²) in [4.78, 5) is 14.6. The van der Waals surface area contributed by atoms with Gasteiger partial charge in [0.15, 0.2) is 0 Å². The summed E-state index contributed by atoms with van der Waals surface area (Å²) in [6.07, 6.45) is 7.98. The van der Waals surface area contributed by atoms with Gasteiger partial charge in [-0.25, -0.2) is 0 Å². The van der Waals surface area contributed by atoms with Crippen molar-refractivity contribution in [1.29, 1.82) is 0 Å². The molecule has 5 heteroatoms. The van der Waals surface area contributed by atoms with E-state index in [-0.39, 0.29) is 11.8 Å². The number of nitrogens with zero attached hydrogens (tertiary/aromatic N) is 3. The fourth-order valence-electron chi connectivity index (χ4n) is 3.32. The highest BCUT2D eigenvalue weighted by atomic mass is 16.1. The van der Waals surface area contributed by atoms with Crippen LogP contribution in [0.4, 0.5) is 5.69 Å². The van der Waals surface area contributed by atoms with Crippen LogP contribution in [0, 0.1) is 17.3 Å². The highest BCUT2D eigenvalue weighted by Crippen LogP contribution is 2.40. The second-order valence-corrected chi connectivity index (χ2v) is 8.20. The van der Waals surface area contributed by atoms with Crippen LogP contribution in [0.2, 0.25) is 0 Å². The van der Waals surface area contributed by atoms with Crippen LogP contribution in [0.15, 0.2) is 12.4 Å². The third kappa shape index (κ3) is 5.34. The molecule has 0 aromatic carbocycles.